The summed E-state index contributed by atoms with van der Waals surface area (Å²) in [7, 11) is 1.38. The zero-order valence-corrected chi connectivity index (χ0v) is 13.9. The second kappa shape index (κ2) is 6.60. The number of hydrogen-bond acceptors (Lipinski definition) is 3. The molecule has 0 N–H and O–H groups in total. The molecular formula is C17H14Cl2N2O2. The summed E-state index contributed by atoms with van der Waals surface area (Å²) in [5.74, 6) is 0.457. The zero-order chi connectivity index (χ0) is 16.4. The van der Waals surface area contributed by atoms with Crippen molar-refractivity contribution in [2.75, 3.05) is 7.11 Å². The lowest BCUT2D eigenvalue weighted by molar-refractivity contribution is -0.141. The number of rotatable bonds is 4. The Morgan fingerprint density at radius 2 is 1.96 bits per heavy atom. The van der Waals surface area contributed by atoms with Crippen LogP contribution in [0.5, 0.6) is 0 Å². The van der Waals surface area contributed by atoms with Gasteiger partial charge in [0.15, 0.2) is 0 Å². The smallest absolute Gasteiger partial charge is 0.325 e. The molecule has 0 radical (unpaired) electrons. The topological polar surface area (TPSA) is 44.1 Å². The Morgan fingerprint density at radius 1 is 1.17 bits per heavy atom. The van der Waals surface area contributed by atoms with Crippen LogP contribution in [0.15, 0.2) is 42.5 Å². The third-order valence-corrected chi connectivity index (χ3v) is 4.33. The molecule has 0 amide bonds. The lowest BCUT2D eigenvalue weighted by Gasteiger charge is -2.08. The Morgan fingerprint density at radius 3 is 2.70 bits per heavy atom. The van der Waals surface area contributed by atoms with Crippen molar-refractivity contribution in [2.45, 2.75) is 13.0 Å². The van der Waals surface area contributed by atoms with Crippen LogP contribution in [-0.4, -0.2) is 22.6 Å². The molecule has 118 valence electrons. The third-order valence-electron chi connectivity index (χ3n) is 3.59. The van der Waals surface area contributed by atoms with Crippen LogP contribution in [0.4, 0.5) is 0 Å². The van der Waals surface area contributed by atoms with Crippen molar-refractivity contribution in [3.8, 4) is 0 Å². The van der Waals surface area contributed by atoms with E-state index in [9.17, 15) is 4.79 Å². The van der Waals surface area contributed by atoms with Crippen LogP contribution >= 0.6 is 23.2 Å². The normalized spacial score (nSPS) is 10.9. The lowest BCUT2D eigenvalue weighted by Crippen LogP contribution is -2.14. The average Bonchev–Trinajstić information content (AvgIpc) is 2.88. The highest BCUT2D eigenvalue weighted by Crippen LogP contribution is 2.25. The van der Waals surface area contributed by atoms with Crippen LogP contribution in [0.3, 0.4) is 0 Å². The number of nitrogens with zero attached hydrogens (tertiary/aromatic N) is 2. The van der Waals surface area contributed by atoms with Gasteiger partial charge in [-0.15, -0.1) is 0 Å². The molecule has 2 aromatic carbocycles. The molecule has 6 heteroatoms. The van der Waals surface area contributed by atoms with Gasteiger partial charge in [-0.25, -0.2) is 4.98 Å². The van der Waals surface area contributed by atoms with Crippen molar-refractivity contribution in [2.24, 2.45) is 0 Å². The number of para-hydroxylation sites is 2. The Labute approximate surface area is 143 Å². The first kappa shape index (κ1) is 15.8. The molecular weight excluding hydrogens is 335 g/mol. The summed E-state index contributed by atoms with van der Waals surface area (Å²) in [5.41, 5.74) is 2.71. The fourth-order valence-electron chi connectivity index (χ4n) is 2.46. The minimum absolute atomic E-state index is 0.119. The van der Waals surface area contributed by atoms with E-state index in [1.807, 2.05) is 41.0 Å². The number of esters is 1. The van der Waals surface area contributed by atoms with E-state index in [1.165, 1.54) is 7.11 Å². The molecule has 0 aliphatic rings. The Balaban J connectivity index is 2.03. The van der Waals surface area contributed by atoms with Crippen molar-refractivity contribution in [1.29, 1.82) is 0 Å². The van der Waals surface area contributed by atoms with Gasteiger partial charge in [-0.1, -0.05) is 41.4 Å². The highest BCUT2D eigenvalue weighted by atomic mass is 35.5. The number of fused-ring (bicyclic) bond motifs is 1. The number of methoxy groups -OCH3 is 1. The van der Waals surface area contributed by atoms with Crippen molar-refractivity contribution >= 4 is 40.2 Å². The summed E-state index contributed by atoms with van der Waals surface area (Å²) in [5, 5.41) is 1.01. The molecule has 0 aliphatic carbocycles. The largest absolute Gasteiger partial charge is 0.468 e. The quantitative estimate of drug-likeness (QED) is 0.666. The predicted molar refractivity (Wildman–Crippen MR) is 91.0 cm³/mol. The SMILES string of the molecule is COC(=O)Cn1c(Cc2ccc(Cl)c(Cl)c2)nc2ccccc21. The van der Waals surface area contributed by atoms with Gasteiger partial charge < -0.3 is 9.30 Å². The first-order chi connectivity index (χ1) is 11.1. The number of carbonyl (C=O) groups excluding carboxylic acids is 1. The van der Waals surface area contributed by atoms with Gasteiger partial charge in [0.05, 0.1) is 28.2 Å². The molecule has 1 aromatic heterocycles. The lowest BCUT2D eigenvalue weighted by atomic mass is 10.1. The highest BCUT2D eigenvalue weighted by molar-refractivity contribution is 6.42. The monoisotopic (exact) mass is 348 g/mol. The van der Waals surface area contributed by atoms with Crippen LogP contribution in [0.25, 0.3) is 11.0 Å². The van der Waals surface area contributed by atoms with Gasteiger partial charge in [0.25, 0.3) is 0 Å². The van der Waals surface area contributed by atoms with E-state index in [4.69, 9.17) is 27.9 Å². The van der Waals surface area contributed by atoms with Gasteiger partial charge in [-0.3, -0.25) is 4.79 Å². The number of ether oxygens (including phenoxy) is 1. The fourth-order valence-corrected chi connectivity index (χ4v) is 2.78. The molecule has 0 spiro atoms. The van der Waals surface area contributed by atoms with Crippen LogP contribution in [0.2, 0.25) is 10.0 Å². The Kier molecular flexibility index (Phi) is 4.55. The molecule has 3 aromatic rings. The fraction of sp³-hybridized carbons (Fsp3) is 0.176. The summed E-state index contributed by atoms with van der Waals surface area (Å²) in [4.78, 5) is 16.3. The van der Waals surface area contributed by atoms with E-state index >= 15 is 0 Å². The molecule has 0 fully saturated rings. The van der Waals surface area contributed by atoms with Crippen LogP contribution < -0.4 is 0 Å². The molecule has 0 aliphatic heterocycles. The maximum Gasteiger partial charge on any atom is 0.325 e. The third kappa shape index (κ3) is 3.33. The van der Waals surface area contributed by atoms with E-state index in [1.54, 1.807) is 6.07 Å². The molecule has 0 unspecified atom stereocenters. The molecule has 0 bridgehead atoms. The number of imidazole rings is 1. The second-order valence-corrected chi connectivity index (χ2v) is 5.92. The number of aromatic nitrogens is 2. The van der Waals surface area contributed by atoms with Gasteiger partial charge in [0.2, 0.25) is 0 Å². The minimum atomic E-state index is -0.316. The predicted octanol–water partition coefficient (Wildman–Crippen LogP) is 4.11. The standard InChI is InChI=1S/C17H14Cl2N2O2/c1-23-17(22)10-21-15-5-3-2-4-14(15)20-16(21)9-11-6-7-12(18)13(19)8-11/h2-8H,9-10H2,1H3. The van der Waals surface area contributed by atoms with Crippen molar-refractivity contribution in [1.82, 2.24) is 9.55 Å². The van der Waals surface area contributed by atoms with Crippen molar-refractivity contribution in [3.63, 3.8) is 0 Å². The van der Waals surface area contributed by atoms with Gasteiger partial charge >= 0.3 is 5.97 Å². The van der Waals surface area contributed by atoms with Crippen LogP contribution in [0.1, 0.15) is 11.4 Å². The van der Waals surface area contributed by atoms with Gasteiger partial charge in [-0.05, 0) is 29.8 Å². The Hall–Kier alpha value is -2.04. The molecule has 1 heterocycles. The first-order valence-electron chi connectivity index (χ1n) is 7.03. The van der Waals surface area contributed by atoms with E-state index in [-0.39, 0.29) is 12.5 Å². The molecule has 4 nitrogen and oxygen atoms in total. The molecule has 3 rings (SSSR count). The molecule has 0 saturated heterocycles. The summed E-state index contributed by atoms with van der Waals surface area (Å²) < 4.78 is 6.65. The van der Waals surface area contributed by atoms with Crippen LogP contribution in [0, 0.1) is 0 Å². The maximum absolute atomic E-state index is 11.7. The summed E-state index contributed by atoms with van der Waals surface area (Å²) in [6.45, 7) is 0.119. The van der Waals surface area contributed by atoms with E-state index in [0.717, 1.165) is 22.4 Å². The number of benzene rings is 2. The van der Waals surface area contributed by atoms with E-state index < -0.39 is 0 Å². The minimum Gasteiger partial charge on any atom is -0.468 e. The highest BCUT2D eigenvalue weighted by Gasteiger charge is 2.14. The van der Waals surface area contributed by atoms with Gasteiger partial charge in [0, 0.05) is 6.42 Å². The van der Waals surface area contributed by atoms with Gasteiger partial charge in [-0.2, -0.15) is 0 Å². The summed E-state index contributed by atoms with van der Waals surface area (Å²) >= 11 is 12.0. The first-order valence-corrected chi connectivity index (χ1v) is 7.79. The average molecular weight is 349 g/mol. The van der Waals surface area contributed by atoms with Crippen LogP contribution in [-0.2, 0) is 22.5 Å². The number of hydrogen-bond donors (Lipinski definition) is 0. The number of halogens is 2. The van der Waals surface area contributed by atoms with E-state index in [0.29, 0.717) is 16.5 Å². The molecule has 0 saturated carbocycles. The van der Waals surface area contributed by atoms with Crippen molar-refractivity contribution < 1.29 is 9.53 Å². The maximum atomic E-state index is 11.7. The molecule has 23 heavy (non-hydrogen) atoms. The summed E-state index contributed by atoms with van der Waals surface area (Å²) in [6, 6.07) is 13.2. The summed E-state index contributed by atoms with van der Waals surface area (Å²) in [6.07, 6.45) is 0.544. The zero-order valence-electron chi connectivity index (χ0n) is 12.4. The van der Waals surface area contributed by atoms with E-state index in [2.05, 4.69) is 4.98 Å². The number of carbonyl (C=O) groups is 1. The van der Waals surface area contributed by atoms with Gasteiger partial charge in [0.1, 0.15) is 12.4 Å². The van der Waals surface area contributed by atoms with Crippen molar-refractivity contribution in [3.05, 3.63) is 63.9 Å². The molecule has 0 atom stereocenters. The second-order valence-electron chi connectivity index (χ2n) is 5.10. The Bertz CT molecular complexity index is 874.